The van der Waals surface area contributed by atoms with Gasteiger partial charge in [0.1, 0.15) is 0 Å². The van der Waals surface area contributed by atoms with E-state index in [9.17, 15) is 5.11 Å². The van der Waals surface area contributed by atoms with Crippen molar-refractivity contribution in [2.45, 2.75) is 73.3 Å². The quantitative estimate of drug-likeness (QED) is 0.670. The Morgan fingerprint density at radius 3 is 2.00 bits per heavy atom. The minimum absolute atomic E-state index is 0.134. The van der Waals surface area contributed by atoms with Crippen LogP contribution < -0.4 is 5.32 Å². The lowest BCUT2D eigenvalue weighted by atomic mass is 9.89. The number of hydrogen-bond acceptors (Lipinski definition) is 2. The molecule has 0 heterocycles. The fraction of sp³-hybridized carbons (Fsp3) is 1.00. The van der Waals surface area contributed by atoms with Gasteiger partial charge in [0.15, 0.2) is 0 Å². The van der Waals surface area contributed by atoms with Crippen molar-refractivity contribution in [2.24, 2.45) is 10.8 Å². The van der Waals surface area contributed by atoms with Gasteiger partial charge in [-0.2, -0.15) is 0 Å². The summed E-state index contributed by atoms with van der Waals surface area (Å²) in [5, 5.41) is 13.2. The first-order valence-electron chi connectivity index (χ1n) is 6.99. The van der Waals surface area contributed by atoms with Gasteiger partial charge >= 0.3 is 0 Å². The zero-order valence-electron chi connectivity index (χ0n) is 12.8. The summed E-state index contributed by atoms with van der Waals surface area (Å²) in [6, 6.07) is 0. The number of rotatable bonds is 7. The number of hydrogen-bond donors (Lipinski definition) is 2. The van der Waals surface area contributed by atoms with Gasteiger partial charge in [-0.3, -0.25) is 0 Å². The fourth-order valence-corrected chi connectivity index (χ4v) is 1.74. The number of aliphatic hydroxyl groups is 1. The molecule has 0 aromatic heterocycles. The third kappa shape index (κ3) is 13.9. The van der Waals surface area contributed by atoms with E-state index in [1.807, 2.05) is 0 Å². The molecule has 2 N–H and O–H groups in total. The molecule has 0 saturated carbocycles. The normalized spacial score (nSPS) is 15.0. The summed E-state index contributed by atoms with van der Waals surface area (Å²) in [7, 11) is 0. The molecule has 2 nitrogen and oxygen atoms in total. The summed E-state index contributed by atoms with van der Waals surface area (Å²) in [4.78, 5) is 0. The van der Waals surface area contributed by atoms with Crippen molar-refractivity contribution in [3.63, 3.8) is 0 Å². The summed E-state index contributed by atoms with van der Waals surface area (Å²) in [5.41, 5.74) is 0.724. The maximum absolute atomic E-state index is 9.84. The van der Waals surface area contributed by atoms with Gasteiger partial charge in [-0.1, -0.05) is 48.0 Å². The van der Waals surface area contributed by atoms with Crippen molar-refractivity contribution in [3.8, 4) is 0 Å². The molecule has 0 aliphatic carbocycles. The molecule has 17 heavy (non-hydrogen) atoms. The van der Waals surface area contributed by atoms with Crippen molar-refractivity contribution in [3.05, 3.63) is 0 Å². The van der Waals surface area contributed by atoms with Crippen LogP contribution in [0.3, 0.4) is 0 Å². The molecule has 0 unspecified atom stereocenters. The number of aliphatic hydroxyl groups excluding tert-OH is 1. The Hall–Kier alpha value is -0.0800. The summed E-state index contributed by atoms with van der Waals surface area (Å²) in [6.45, 7) is 15.4. The summed E-state index contributed by atoms with van der Waals surface area (Å²) < 4.78 is 0. The highest BCUT2D eigenvalue weighted by atomic mass is 16.3. The van der Waals surface area contributed by atoms with Gasteiger partial charge in [-0.05, 0) is 43.2 Å². The molecule has 0 saturated heterocycles. The molecule has 0 aromatic carbocycles. The molecule has 0 bridgehead atoms. The lowest BCUT2D eigenvalue weighted by Crippen LogP contribution is -2.29. The Balaban J connectivity index is 3.44. The molecule has 0 aromatic rings. The largest absolute Gasteiger partial charge is 0.393 e. The van der Waals surface area contributed by atoms with Gasteiger partial charge in [-0.15, -0.1) is 0 Å². The molecule has 0 aliphatic heterocycles. The maximum Gasteiger partial charge on any atom is 0.0552 e. The molecule has 2 heteroatoms. The Labute approximate surface area is 108 Å². The van der Waals surface area contributed by atoms with E-state index in [2.05, 4.69) is 46.9 Å². The van der Waals surface area contributed by atoms with Crippen LogP contribution in [-0.4, -0.2) is 24.3 Å². The highest BCUT2D eigenvalue weighted by Crippen LogP contribution is 2.22. The van der Waals surface area contributed by atoms with Gasteiger partial charge in [0.05, 0.1) is 6.10 Å². The standard InChI is InChI=1S/C15H33NO/c1-14(2,3)10-7-8-13(17)9-11-16-12-15(4,5)6/h13,16-17H,7-12H2,1-6H3/t13-/m0/s1. The fourth-order valence-electron chi connectivity index (χ4n) is 1.74. The van der Waals surface area contributed by atoms with E-state index >= 15 is 0 Å². The van der Waals surface area contributed by atoms with Crippen LogP contribution in [0.5, 0.6) is 0 Å². The smallest absolute Gasteiger partial charge is 0.0552 e. The lowest BCUT2D eigenvalue weighted by molar-refractivity contribution is 0.144. The third-order valence-corrected chi connectivity index (χ3v) is 2.77. The van der Waals surface area contributed by atoms with Crippen molar-refractivity contribution < 1.29 is 5.11 Å². The molecule has 0 spiro atoms. The maximum atomic E-state index is 9.84. The van der Waals surface area contributed by atoms with Gasteiger partial charge in [0, 0.05) is 0 Å². The van der Waals surface area contributed by atoms with Crippen molar-refractivity contribution in [2.75, 3.05) is 13.1 Å². The van der Waals surface area contributed by atoms with Crippen molar-refractivity contribution in [1.29, 1.82) is 0 Å². The van der Waals surface area contributed by atoms with Crippen LogP contribution in [-0.2, 0) is 0 Å². The van der Waals surface area contributed by atoms with Crippen LogP contribution in [0.1, 0.15) is 67.2 Å². The predicted octanol–water partition coefficient (Wildman–Crippen LogP) is 3.59. The first kappa shape index (κ1) is 16.9. The van der Waals surface area contributed by atoms with Crippen LogP contribution >= 0.6 is 0 Å². The topological polar surface area (TPSA) is 32.3 Å². The van der Waals surface area contributed by atoms with Crippen LogP contribution in [0.2, 0.25) is 0 Å². The van der Waals surface area contributed by atoms with Crippen molar-refractivity contribution in [1.82, 2.24) is 5.32 Å². The SMILES string of the molecule is CC(C)(C)CCC[C@H](O)CCNCC(C)(C)C. The van der Waals surface area contributed by atoms with E-state index in [1.165, 1.54) is 6.42 Å². The highest BCUT2D eigenvalue weighted by Gasteiger charge is 2.12. The van der Waals surface area contributed by atoms with E-state index in [1.54, 1.807) is 0 Å². The molecule has 1 atom stereocenters. The molecule has 0 amide bonds. The predicted molar refractivity (Wildman–Crippen MR) is 76.3 cm³/mol. The Bertz CT molecular complexity index is 188. The second-order valence-corrected chi connectivity index (χ2v) is 7.63. The van der Waals surface area contributed by atoms with E-state index < -0.39 is 0 Å². The van der Waals surface area contributed by atoms with Gasteiger partial charge < -0.3 is 10.4 Å². The average molecular weight is 243 g/mol. The lowest BCUT2D eigenvalue weighted by Gasteiger charge is -2.21. The Kier molecular flexibility index (Phi) is 7.34. The third-order valence-electron chi connectivity index (χ3n) is 2.77. The molecule has 0 rings (SSSR count). The molecule has 0 radical (unpaired) electrons. The van der Waals surface area contributed by atoms with Gasteiger partial charge in [0.2, 0.25) is 0 Å². The van der Waals surface area contributed by atoms with E-state index in [0.29, 0.717) is 10.8 Å². The van der Waals surface area contributed by atoms with E-state index in [0.717, 1.165) is 32.4 Å². The van der Waals surface area contributed by atoms with Crippen LogP contribution in [0.4, 0.5) is 0 Å². The van der Waals surface area contributed by atoms with Gasteiger partial charge in [0.25, 0.3) is 0 Å². The summed E-state index contributed by atoms with van der Waals surface area (Å²) >= 11 is 0. The number of nitrogens with one attached hydrogen (secondary N) is 1. The summed E-state index contributed by atoms with van der Waals surface area (Å²) in [6.07, 6.45) is 4.00. The Morgan fingerprint density at radius 2 is 1.53 bits per heavy atom. The minimum Gasteiger partial charge on any atom is -0.393 e. The highest BCUT2D eigenvalue weighted by molar-refractivity contribution is 4.67. The minimum atomic E-state index is -0.134. The van der Waals surface area contributed by atoms with Crippen LogP contribution in [0, 0.1) is 10.8 Å². The van der Waals surface area contributed by atoms with E-state index in [4.69, 9.17) is 0 Å². The average Bonchev–Trinajstić information content (AvgIpc) is 2.09. The van der Waals surface area contributed by atoms with Gasteiger partial charge in [-0.25, -0.2) is 0 Å². The monoisotopic (exact) mass is 243 g/mol. The van der Waals surface area contributed by atoms with Crippen LogP contribution in [0.15, 0.2) is 0 Å². The Morgan fingerprint density at radius 1 is 0.941 bits per heavy atom. The molecule has 104 valence electrons. The zero-order valence-corrected chi connectivity index (χ0v) is 12.8. The summed E-state index contributed by atoms with van der Waals surface area (Å²) in [5.74, 6) is 0. The van der Waals surface area contributed by atoms with E-state index in [-0.39, 0.29) is 6.10 Å². The second kappa shape index (κ2) is 7.38. The first-order chi connectivity index (χ1) is 7.60. The zero-order chi connectivity index (χ0) is 13.5. The molecular weight excluding hydrogens is 210 g/mol. The van der Waals surface area contributed by atoms with Crippen LogP contribution in [0.25, 0.3) is 0 Å². The second-order valence-electron chi connectivity index (χ2n) is 7.63. The molecule has 0 fully saturated rings. The molecule has 0 aliphatic rings. The molecular formula is C15H33NO. The van der Waals surface area contributed by atoms with Crippen molar-refractivity contribution >= 4 is 0 Å². The first-order valence-corrected chi connectivity index (χ1v) is 6.99.